The average molecular weight is 351 g/mol. The van der Waals surface area contributed by atoms with Crippen molar-refractivity contribution in [1.29, 1.82) is 0 Å². The van der Waals surface area contributed by atoms with Gasteiger partial charge in [0.2, 0.25) is 0 Å². The lowest BCUT2D eigenvalue weighted by Gasteiger charge is -2.14. The van der Waals surface area contributed by atoms with E-state index in [0.29, 0.717) is 23.6 Å². The SMILES string of the molecule is CCOC(=O)c1c(-c2[nH]ccc2-c2c(CC)cccc2CC)n[nH]c1C. The molecule has 3 aromatic rings. The Labute approximate surface area is 153 Å². The number of carbonyl (C=O) groups excluding carboxylic acids is 1. The minimum Gasteiger partial charge on any atom is -0.462 e. The van der Waals surface area contributed by atoms with Gasteiger partial charge in [-0.15, -0.1) is 0 Å². The quantitative estimate of drug-likeness (QED) is 0.633. The molecule has 136 valence electrons. The van der Waals surface area contributed by atoms with E-state index in [2.05, 4.69) is 53.3 Å². The van der Waals surface area contributed by atoms with Crippen LogP contribution in [0.2, 0.25) is 0 Å². The number of benzene rings is 1. The number of ether oxygens (including phenoxy) is 1. The lowest BCUT2D eigenvalue weighted by atomic mass is 9.91. The molecule has 2 N–H and O–H groups in total. The van der Waals surface area contributed by atoms with Crippen LogP contribution in [0.25, 0.3) is 22.5 Å². The van der Waals surface area contributed by atoms with Gasteiger partial charge in [0, 0.05) is 17.5 Å². The molecule has 0 aliphatic heterocycles. The van der Waals surface area contributed by atoms with Crippen LogP contribution in [0, 0.1) is 6.92 Å². The van der Waals surface area contributed by atoms with E-state index < -0.39 is 0 Å². The first kappa shape index (κ1) is 18.0. The molecule has 0 unspecified atom stereocenters. The Bertz CT molecular complexity index is 899. The number of aromatic nitrogens is 3. The number of rotatable bonds is 6. The van der Waals surface area contributed by atoms with Gasteiger partial charge < -0.3 is 9.72 Å². The van der Waals surface area contributed by atoms with Gasteiger partial charge in [0.1, 0.15) is 11.3 Å². The monoisotopic (exact) mass is 351 g/mol. The second-order valence-corrected chi connectivity index (χ2v) is 6.22. The predicted octanol–water partition coefficient (Wildman–Crippen LogP) is 4.68. The van der Waals surface area contributed by atoms with Gasteiger partial charge >= 0.3 is 5.97 Å². The number of aromatic amines is 2. The maximum Gasteiger partial charge on any atom is 0.342 e. The van der Waals surface area contributed by atoms with Crippen LogP contribution in [0.1, 0.15) is 48.0 Å². The number of hydrogen-bond donors (Lipinski definition) is 2. The predicted molar refractivity (Wildman–Crippen MR) is 103 cm³/mol. The average Bonchev–Trinajstić information content (AvgIpc) is 3.27. The van der Waals surface area contributed by atoms with Gasteiger partial charge in [0.05, 0.1) is 12.3 Å². The third-order valence-corrected chi connectivity index (χ3v) is 4.68. The number of carbonyl (C=O) groups is 1. The maximum absolute atomic E-state index is 12.4. The van der Waals surface area contributed by atoms with Crippen molar-refractivity contribution in [2.45, 2.75) is 40.5 Å². The van der Waals surface area contributed by atoms with Crippen molar-refractivity contribution >= 4 is 5.97 Å². The van der Waals surface area contributed by atoms with Gasteiger partial charge in [-0.25, -0.2) is 4.79 Å². The van der Waals surface area contributed by atoms with Crippen molar-refractivity contribution < 1.29 is 9.53 Å². The fraction of sp³-hybridized carbons (Fsp3) is 0.333. The Morgan fingerprint density at radius 3 is 2.42 bits per heavy atom. The first-order chi connectivity index (χ1) is 12.6. The van der Waals surface area contributed by atoms with Gasteiger partial charge in [-0.1, -0.05) is 32.0 Å². The van der Waals surface area contributed by atoms with Gasteiger partial charge in [0.15, 0.2) is 0 Å². The summed E-state index contributed by atoms with van der Waals surface area (Å²) < 4.78 is 5.23. The molecule has 0 saturated carbocycles. The number of aryl methyl sites for hydroxylation is 3. The molecule has 2 heterocycles. The van der Waals surface area contributed by atoms with Gasteiger partial charge in [-0.05, 0) is 49.4 Å². The maximum atomic E-state index is 12.4. The summed E-state index contributed by atoms with van der Waals surface area (Å²) in [5.74, 6) is -0.353. The summed E-state index contributed by atoms with van der Waals surface area (Å²) in [6.45, 7) is 8.29. The summed E-state index contributed by atoms with van der Waals surface area (Å²) in [4.78, 5) is 15.7. The highest BCUT2D eigenvalue weighted by Gasteiger charge is 2.24. The molecule has 0 fully saturated rings. The van der Waals surface area contributed by atoms with Crippen LogP contribution in [0.5, 0.6) is 0 Å². The molecule has 0 spiro atoms. The third-order valence-electron chi connectivity index (χ3n) is 4.68. The van der Waals surface area contributed by atoms with Crippen molar-refractivity contribution in [3.63, 3.8) is 0 Å². The van der Waals surface area contributed by atoms with Crippen LogP contribution in [0.3, 0.4) is 0 Å². The summed E-state index contributed by atoms with van der Waals surface area (Å²) in [5.41, 5.74) is 7.51. The van der Waals surface area contributed by atoms with E-state index >= 15 is 0 Å². The fourth-order valence-corrected chi connectivity index (χ4v) is 3.43. The molecule has 3 rings (SSSR count). The first-order valence-corrected chi connectivity index (χ1v) is 9.13. The number of hydrogen-bond acceptors (Lipinski definition) is 3. The molecule has 26 heavy (non-hydrogen) atoms. The molecule has 5 nitrogen and oxygen atoms in total. The molecule has 2 aromatic heterocycles. The van der Waals surface area contributed by atoms with E-state index in [4.69, 9.17) is 4.74 Å². The van der Waals surface area contributed by atoms with Crippen LogP contribution in [0.4, 0.5) is 0 Å². The van der Waals surface area contributed by atoms with E-state index in [1.165, 1.54) is 16.7 Å². The zero-order chi connectivity index (χ0) is 18.7. The Hall–Kier alpha value is -2.82. The fourth-order valence-electron chi connectivity index (χ4n) is 3.43. The summed E-state index contributed by atoms with van der Waals surface area (Å²) in [7, 11) is 0. The van der Waals surface area contributed by atoms with Gasteiger partial charge in [0.25, 0.3) is 0 Å². The molecular formula is C21H25N3O2. The molecule has 0 radical (unpaired) electrons. The first-order valence-electron chi connectivity index (χ1n) is 9.13. The smallest absolute Gasteiger partial charge is 0.342 e. The minimum atomic E-state index is -0.353. The van der Waals surface area contributed by atoms with Gasteiger partial charge in [-0.2, -0.15) is 5.10 Å². The molecule has 0 atom stereocenters. The van der Waals surface area contributed by atoms with Crippen LogP contribution in [-0.2, 0) is 17.6 Å². The zero-order valence-corrected chi connectivity index (χ0v) is 15.8. The Morgan fingerprint density at radius 2 is 1.81 bits per heavy atom. The number of esters is 1. The number of nitrogens with one attached hydrogen (secondary N) is 2. The Balaban J connectivity index is 2.20. The second kappa shape index (κ2) is 7.60. The number of nitrogens with zero attached hydrogens (tertiary/aromatic N) is 1. The molecule has 0 aliphatic carbocycles. The standard InChI is InChI=1S/C21H25N3O2/c1-5-14-9-8-10-15(6-2)18(14)16-11-12-22-19(16)20-17(13(4)23-24-20)21(25)26-7-3/h8-12,22H,5-7H2,1-4H3,(H,23,24). The third kappa shape index (κ3) is 3.05. The molecular weight excluding hydrogens is 326 g/mol. The van der Waals surface area contributed by atoms with Gasteiger partial charge in [-0.3, -0.25) is 5.10 Å². The van der Waals surface area contributed by atoms with Crippen molar-refractivity contribution in [1.82, 2.24) is 15.2 Å². The van der Waals surface area contributed by atoms with Crippen molar-refractivity contribution in [3.8, 4) is 22.5 Å². The summed E-state index contributed by atoms with van der Waals surface area (Å²) >= 11 is 0. The highest BCUT2D eigenvalue weighted by molar-refractivity contribution is 5.99. The Kier molecular flexibility index (Phi) is 5.26. The van der Waals surface area contributed by atoms with Crippen LogP contribution >= 0.6 is 0 Å². The molecule has 0 bridgehead atoms. The van der Waals surface area contributed by atoms with E-state index in [1.54, 1.807) is 6.92 Å². The topological polar surface area (TPSA) is 70.8 Å². The summed E-state index contributed by atoms with van der Waals surface area (Å²) in [5, 5.41) is 7.33. The molecule has 1 aromatic carbocycles. The molecule has 0 aliphatic rings. The largest absolute Gasteiger partial charge is 0.462 e. The highest BCUT2D eigenvalue weighted by Crippen LogP contribution is 2.37. The highest BCUT2D eigenvalue weighted by atomic mass is 16.5. The normalized spacial score (nSPS) is 10.9. The van der Waals surface area contributed by atoms with E-state index in [-0.39, 0.29) is 5.97 Å². The molecule has 0 saturated heterocycles. The summed E-state index contributed by atoms with van der Waals surface area (Å²) in [6.07, 6.45) is 3.78. The zero-order valence-electron chi connectivity index (χ0n) is 15.8. The van der Waals surface area contributed by atoms with E-state index in [1.807, 2.05) is 13.1 Å². The number of H-pyrrole nitrogens is 2. The van der Waals surface area contributed by atoms with E-state index in [9.17, 15) is 4.79 Å². The van der Waals surface area contributed by atoms with Crippen LogP contribution in [0.15, 0.2) is 30.5 Å². The Morgan fingerprint density at radius 1 is 1.12 bits per heavy atom. The second-order valence-electron chi connectivity index (χ2n) is 6.22. The van der Waals surface area contributed by atoms with Crippen molar-refractivity contribution in [2.75, 3.05) is 6.61 Å². The summed E-state index contributed by atoms with van der Waals surface area (Å²) in [6, 6.07) is 8.48. The van der Waals surface area contributed by atoms with Crippen molar-refractivity contribution in [2.24, 2.45) is 0 Å². The minimum absolute atomic E-state index is 0.332. The van der Waals surface area contributed by atoms with Crippen LogP contribution in [-0.4, -0.2) is 27.8 Å². The molecule has 0 amide bonds. The lowest BCUT2D eigenvalue weighted by molar-refractivity contribution is 0.0526. The van der Waals surface area contributed by atoms with E-state index in [0.717, 1.165) is 24.1 Å². The lowest BCUT2D eigenvalue weighted by Crippen LogP contribution is -2.07. The van der Waals surface area contributed by atoms with Crippen molar-refractivity contribution in [3.05, 3.63) is 52.8 Å². The molecule has 5 heteroatoms. The van der Waals surface area contributed by atoms with Crippen LogP contribution < -0.4 is 0 Å².